The molecule has 1 N–H and O–H groups in total. The van der Waals surface area contributed by atoms with Gasteiger partial charge in [-0.15, -0.1) is 16.8 Å². The smallest absolute Gasteiger partial charge is 0.191 e. The lowest BCUT2D eigenvalue weighted by Crippen LogP contribution is -2.11. The fourth-order valence-electron chi connectivity index (χ4n) is 3.05. The quantitative estimate of drug-likeness (QED) is 0.330. The monoisotopic (exact) mass is 439 g/mol. The molecule has 0 aliphatic rings. The maximum Gasteiger partial charge on any atom is 0.191 e. The van der Waals surface area contributed by atoms with Gasteiger partial charge in [-0.25, -0.2) is 13.4 Å². The molecule has 154 valence electrons. The van der Waals surface area contributed by atoms with Crippen LogP contribution in [0.25, 0.3) is 11.0 Å². The number of sulfone groups is 1. The zero-order valence-corrected chi connectivity index (χ0v) is 18.1. The van der Waals surface area contributed by atoms with Crippen LogP contribution in [0.1, 0.15) is 17.2 Å². The number of nitrogens with zero attached hydrogens (tertiary/aromatic N) is 4. The normalized spacial score (nSPS) is 11.8. The van der Waals surface area contributed by atoms with Crippen molar-refractivity contribution in [2.75, 3.05) is 0 Å². The van der Waals surface area contributed by atoms with Crippen molar-refractivity contribution < 1.29 is 8.42 Å². The molecule has 0 unspecified atom stereocenters. The summed E-state index contributed by atoms with van der Waals surface area (Å²) in [6.07, 6.45) is 1.70. The van der Waals surface area contributed by atoms with Crippen LogP contribution < -0.4 is 0 Å². The van der Waals surface area contributed by atoms with Gasteiger partial charge in [-0.1, -0.05) is 47.7 Å². The van der Waals surface area contributed by atoms with E-state index in [1.54, 1.807) is 34.9 Å². The molecule has 0 saturated carbocycles. The zero-order valence-electron chi connectivity index (χ0n) is 16.4. The molecule has 4 aromatic rings. The molecule has 4 rings (SSSR count). The molecule has 9 heteroatoms. The fraction of sp³-hybridized carbons (Fsp3) is 0.190. The van der Waals surface area contributed by atoms with E-state index >= 15 is 0 Å². The summed E-state index contributed by atoms with van der Waals surface area (Å²) in [5.74, 6) is 1.56. The summed E-state index contributed by atoms with van der Waals surface area (Å²) in [6, 6.07) is 14.7. The lowest BCUT2D eigenvalue weighted by molar-refractivity contribution is 0.590. The van der Waals surface area contributed by atoms with Crippen molar-refractivity contribution in [1.82, 2.24) is 24.7 Å². The molecule has 0 amide bonds. The van der Waals surface area contributed by atoms with Crippen LogP contribution in [0.4, 0.5) is 0 Å². The average Bonchev–Trinajstić information content (AvgIpc) is 3.30. The molecule has 0 saturated heterocycles. The number of thioether (sulfide) groups is 1. The van der Waals surface area contributed by atoms with E-state index in [1.807, 2.05) is 31.2 Å². The summed E-state index contributed by atoms with van der Waals surface area (Å²) in [6.45, 7) is 6.12. The van der Waals surface area contributed by atoms with Crippen molar-refractivity contribution in [2.45, 2.75) is 35.0 Å². The lowest BCUT2D eigenvalue weighted by atomic mass is 10.2. The first-order valence-electron chi connectivity index (χ1n) is 9.35. The number of nitrogens with one attached hydrogen (secondary N) is 1. The number of fused-ring (bicyclic) bond motifs is 1. The molecule has 0 spiro atoms. The molecule has 2 heterocycles. The van der Waals surface area contributed by atoms with Crippen LogP contribution in [0.5, 0.6) is 0 Å². The maximum absolute atomic E-state index is 12.8. The first-order valence-corrected chi connectivity index (χ1v) is 12.0. The fourth-order valence-corrected chi connectivity index (χ4v) is 5.16. The third-order valence-corrected chi connectivity index (χ3v) is 7.19. The van der Waals surface area contributed by atoms with Crippen LogP contribution >= 0.6 is 11.8 Å². The highest BCUT2D eigenvalue weighted by atomic mass is 32.2. The molecule has 0 bridgehead atoms. The number of aromatic amines is 1. The minimum absolute atomic E-state index is 0.220. The van der Waals surface area contributed by atoms with Gasteiger partial charge >= 0.3 is 0 Å². The molecule has 0 aliphatic heterocycles. The molecular weight excluding hydrogens is 418 g/mol. The van der Waals surface area contributed by atoms with Crippen LogP contribution in [0.3, 0.4) is 0 Å². The summed E-state index contributed by atoms with van der Waals surface area (Å²) < 4.78 is 27.4. The second-order valence-corrected chi connectivity index (χ2v) is 9.79. The largest absolute Gasteiger partial charge is 0.341 e. The van der Waals surface area contributed by atoms with E-state index in [4.69, 9.17) is 0 Å². The second kappa shape index (κ2) is 8.45. The van der Waals surface area contributed by atoms with Gasteiger partial charge in [0, 0.05) is 6.54 Å². The molecule has 0 fully saturated rings. The van der Waals surface area contributed by atoms with Gasteiger partial charge in [-0.3, -0.25) is 0 Å². The van der Waals surface area contributed by atoms with Gasteiger partial charge in [0.05, 0.1) is 21.7 Å². The van der Waals surface area contributed by atoms with Gasteiger partial charge in [0.25, 0.3) is 0 Å². The SMILES string of the molecule is C=CCn1c(CS(=O)(=O)c2ccc(C)cc2)nnc1SCc1nc2ccccc2[nH]1. The highest BCUT2D eigenvalue weighted by Crippen LogP contribution is 2.24. The van der Waals surface area contributed by atoms with E-state index in [-0.39, 0.29) is 10.6 Å². The number of hydrogen-bond donors (Lipinski definition) is 1. The minimum Gasteiger partial charge on any atom is -0.341 e. The Morgan fingerprint density at radius 2 is 1.90 bits per heavy atom. The number of benzene rings is 2. The van der Waals surface area contributed by atoms with Crippen molar-refractivity contribution in [3.05, 3.63) is 78.4 Å². The van der Waals surface area contributed by atoms with Gasteiger partial charge in [0.15, 0.2) is 15.0 Å². The first-order chi connectivity index (χ1) is 14.5. The number of imidazole rings is 1. The molecule has 0 radical (unpaired) electrons. The van der Waals surface area contributed by atoms with Crippen LogP contribution in [-0.2, 0) is 27.9 Å². The Morgan fingerprint density at radius 1 is 1.13 bits per heavy atom. The predicted octanol–water partition coefficient (Wildman–Crippen LogP) is 3.92. The number of H-pyrrole nitrogens is 1. The summed E-state index contributed by atoms with van der Waals surface area (Å²) in [4.78, 5) is 8.13. The Morgan fingerprint density at radius 3 is 2.63 bits per heavy atom. The summed E-state index contributed by atoms with van der Waals surface area (Å²) in [5.41, 5.74) is 2.89. The minimum atomic E-state index is -3.53. The van der Waals surface area contributed by atoms with Gasteiger partial charge in [-0.2, -0.15) is 0 Å². The number of allylic oxidation sites excluding steroid dienone is 1. The first kappa shape index (κ1) is 20.4. The zero-order chi connectivity index (χ0) is 21.1. The number of para-hydroxylation sites is 2. The molecule has 2 aromatic heterocycles. The predicted molar refractivity (Wildman–Crippen MR) is 118 cm³/mol. The van der Waals surface area contributed by atoms with E-state index < -0.39 is 9.84 Å². The molecule has 7 nitrogen and oxygen atoms in total. The maximum atomic E-state index is 12.8. The van der Waals surface area contributed by atoms with Crippen molar-refractivity contribution in [3.8, 4) is 0 Å². The van der Waals surface area contributed by atoms with E-state index in [0.29, 0.717) is 23.3 Å². The number of aromatic nitrogens is 5. The number of rotatable bonds is 8. The van der Waals surface area contributed by atoms with E-state index in [1.165, 1.54) is 11.8 Å². The third kappa shape index (κ3) is 4.31. The summed E-state index contributed by atoms with van der Waals surface area (Å²) >= 11 is 1.45. The van der Waals surface area contributed by atoms with Gasteiger partial charge in [-0.05, 0) is 31.2 Å². The Bertz CT molecular complexity index is 1260. The molecule has 0 atom stereocenters. The van der Waals surface area contributed by atoms with Gasteiger partial charge < -0.3 is 9.55 Å². The molecule has 30 heavy (non-hydrogen) atoms. The molecular formula is C21H21N5O2S2. The second-order valence-electron chi connectivity index (χ2n) is 6.86. The standard InChI is InChI=1S/C21H21N5O2S2/c1-3-12-26-20(14-30(27,28)16-10-8-15(2)9-11-16)24-25-21(26)29-13-19-22-17-6-4-5-7-18(17)23-19/h3-11H,1,12-14H2,2H3,(H,22,23). The van der Waals surface area contributed by atoms with E-state index in [9.17, 15) is 8.42 Å². The van der Waals surface area contributed by atoms with Gasteiger partial charge in [0.2, 0.25) is 0 Å². The summed E-state index contributed by atoms with van der Waals surface area (Å²) in [7, 11) is -3.53. The van der Waals surface area contributed by atoms with E-state index in [0.717, 1.165) is 22.4 Å². The van der Waals surface area contributed by atoms with Crippen LogP contribution in [0, 0.1) is 6.92 Å². The Hall–Kier alpha value is -2.91. The van der Waals surface area contributed by atoms with Crippen molar-refractivity contribution in [1.29, 1.82) is 0 Å². The average molecular weight is 440 g/mol. The van der Waals surface area contributed by atoms with E-state index in [2.05, 4.69) is 26.7 Å². The Kier molecular flexibility index (Phi) is 5.74. The van der Waals surface area contributed by atoms with Gasteiger partial charge in [0.1, 0.15) is 17.4 Å². The highest BCUT2D eigenvalue weighted by Gasteiger charge is 2.21. The third-order valence-electron chi connectivity index (χ3n) is 4.58. The van der Waals surface area contributed by atoms with Crippen molar-refractivity contribution >= 4 is 32.6 Å². The summed E-state index contributed by atoms with van der Waals surface area (Å²) in [5, 5.41) is 9.00. The highest BCUT2D eigenvalue weighted by molar-refractivity contribution is 7.98. The number of hydrogen-bond acceptors (Lipinski definition) is 6. The Balaban J connectivity index is 1.55. The van der Waals surface area contributed by atoms with Crippen molar-refractivity contribution in [2.24, 2.45) is 0 Å². The van der Waals surface area contributed by atoms with Crippen molar-refractivity contribution in [3.63, 3.8) is 0 Å². The van der Waals surface area contributed by atoms with Crippen LogP contribution in [0.2, 0.25) is 0 Å². The van der Waals surface area contributed by atoms with Crippen LogP contribution in [0.15, 0.2) is 71.2 Å². The molecule has 2 aromatic carbocycles. The topological polar surface area (TPSA) is 93.5 Å². The number of aryl methyl sites for hydroxylation is 1. The molecule has 0 aliphatic carbocycles. The Labute approximate surface area is 179 Å². The lowest BCUT2D eigenvalue weighted by Gasteiger charge is -2.08. The van der Waals surface area contributed by atoms with Crippen LogP contribution in [-0.4, -0.2) is 33.2 Å².